The van der Waals surface area contributed by atoms with Crippen molar-refractivity contribution in [3.05, 3.63) is 100 Å². The molecular formula is C28H24N2O3S2. The minimum atomic E-state index is -0.141. The Morgan fingerprint density at radius 1 is 0.943 bits per heavy atom. The van der Waals surface area contributed by atoms with Crippen LogP contribution < -0.4 is 14.5 Å². The zero-order valence-corrected chi connectivity index (χ0v) is 21.3. The minimum absolute atomic E-state index is 0.141. The number of fused-ring (bicyclic) bond motifs is 1. The Morgan fingerprint density at radius 3 is 2.46 bits per heavy atom. The van der Waals surface area contributed by atoms with Gasteiger partial charge in [-0.3, -0.25) is 9.47 Å². The van der Waals surface area contributed by atoms with Crippen LogP contribution >= 0.6 is 24.0 Å². The second-order valence-corrected chi connectivity index (χ2v) is 9.93. The van der Waals surface area contributed by atoms with E-state index >= 15 is 0 Å². The summed E-state index contributed by atoms with van der Waals surface area (Å²) in [4.78, 5) is 13.7. The van der Waals surface area contributed by atoms with Crippen LogP contribution in [0.15, 0.2) is 77.7 Å². The first-order valence-corrected chi connectivity index (χ1v) is 12.4. The van der Waals surface area contributed by atoms with E-state index < -0.39 is 0 Å². The average Bonchev–Trinajstić information content (AvgIpc) is 3.33. The number of hydrogen-bond acceptors (Lipinski definition) is 5. The Hall–Kier alpha value is -3.55. The molecule has 1 aromatic heterocycles. The number of thiocarbonyl (C=S) groups is 1. The highest BCUT2D eigenvalue weighted by Crippen LogP contribution is 2.35. The van der Waals surface area contributed by atoms with Crippen molar-refractivity contribution in [3.8, 4) is 11.5 Å². The van der Waals surface area contributed by atoms with Gasteiger partial charge < -0.3 is 9.47 Å². The Balaban J connectivity index is 1.37. The molecule has 0 radical (unpaired) electrons. The highest BCUT2D eigenvalue weighted by molar-refractivity contribution is 8.27. The fourth-order valence-corrected chi connectivity index (χ4v) is 5.47. The molecule has 0 atom stereocenters. The molecule has 1 saturated heterocycles. The van der Waals surface area contributed by atoms with E-state index in [0.29, 0.717) is 27.3 Å². The number of ether oxygens (including phenoxy) is 2. The number of benzene rings is 3. The van der Waals surface area contributed by atoms with Gasteiger partial charge in [0.15, 0.2) is 15.8 Å². The van der Waals surface area contributed by atoms with Crippen molar-refractivity contribution in [2.24, 2.45) is 0 Å². The summed E-state index contributed by atoms with van der Waals surface area (Å²) in [5.41, 5.74) is 3.85. The van der Waals surface area contributed by atoms with Gasteiger partial charge in [-0.25, -0.2) is 0 Å². The van der Waals surface area contributed by atoms with Crippen LogP contribution in [-0.4, -0.2) is 22.0 Å². The summed E-state index contributed by atoms with van der Waals surface area (Å²) in [5, 5.41) is 3.90. The lowest BCUT2D eigenvalue weighted by atomic mass is 10.1. The SMILES string of the molecule is COc1cc(/C=C2/SC(=S)N(n3c(C)ccc3C)C2=O)ccc1OCc1cccc2ccccc12. The van der Waals surface area contributed by atoms with E-state index in [1.54, 1.807) is 12.1 Å². The summed E-state index contributed by atoms with van der Waals surface area (Å²) in [7, 11) is 1.61. The predicted octanol–water partition coefficient (Wildman–Crippen LogP) is 6.38. The van der Waals surface area contributed by atoms with E-state index in [1.807, 2.05) is 73.1 Å². The Bertz CT molecular complexity index is 1460. The maximum Gasteiger partial charge on any atom is 0.285 e. The fourth-order valence-electron chi connectivity index (χ4n) is 4.23. The predicted molar refractivity (Wildman–Crippen MR) is 147 cm³/mol. The summed E-state index contributed by atoms with van der Waals surface area (Å²) in [6, 6.07) is 24.1. The van der Waals surface area contributed by atoms with Gasteiger partial charge in [0.05, 0.1) is 12.0 Å². The third-order valence-electron chi connectivity index (χ3n) is 5.96. The number of amides is 1. The number of carbonyl (C=O) groups is 1. The van der Waals surface area contributed by atoms with E-state index in [-0.39, 0.29) is 5.91 Å². The first-order valence-electron chi connectivity index (χ1n) is 11.2. The average molecular weight is 501 g/mol. The molecule has 1 aliphatic heterocycles. The van der Waals surface area contributed by atoms with E-state index in [0.717, 1.165) is 22.5 Å². The topological polar surface area (TPSA) is 43.7 Å². The van der Waals surface area contributed by atoms with Gasteiger partial charge in [0.1, 0.15) is 6.61 Å². The summed E-state index contributed by atoms with van der Waals surface area (Å²) in [6.07, 6.45) is 1.84. The second kappa shape index (κ2) is 9.60. The van der Waals surface area contributed by atoms with Crippen molar-refractivity contribution < 1.29 is 14.3 Å². The van der Waals surface area contributed by atoms with Crippen molar-refractivity contribution in [1.82, 2.24) is 4.68 Å². The molecule has 0 N–H and O–H groups in total. The summed E-state index contributed by atoms with van der Waals surface area (Å²) < 4.78 is 14.1. The van der Waals surface area contributed by atoms with Crippen LogP contribution in [0.4, 0.5) is 0 Å². The number of aryl methyl sites for hydroxylation is 2. The largest absolute Gasteiger partial charge is 0.493 e. The van der Waals surface area contributed by atoms with Crippen LogP contribution in [0.1, 0.15) is 22.5 Å². The first-order chi connectivity index (χ1) is 17.0. The van der Waals surface area contributed by atoms with Crippen molar-refractivity contribution in [2.45, 2.75) is 20.5 Å². The maximum absolute atomic E-state index is 13.2. The minimum Gasteiger partial charge on any atom is -0.493 e. The molecule has 0 saturated carbocycles. The van der Waals surface area contributed by atoms with E-state index in [4.69, 9.17) is 21.7 Å². The van der Waals surface area contributed by atoms with Gasteiger partial charge in [-0.2, -0.15) is 5.01 Å². The van der Waals surface area contributed by atoms with Gasteiger partial charge in [-0.1, -0.05) is 60.3 Å². The molecule has 0 aliphatic carbocycles. The molecule has 1 amide bonds. The molecular weight excluding hydrogens is 476 g/mol. The Kier molecular flexibility index (Phi) is 6.36. The number of thioether (sulfide) groups is 1. The molecule has 5 nitrogen and oxygen atoms in total. The van der Waals surface area contributed by atoms with Crippen LogP contribution in [0.2, 0.25) is 0 Å². The van der Waals surface area contributed by atoms with Crippen molar-refractivity contribution in [3.63, 3.8) is 0 Å². The monoisotopic (exact) mass is 500 g/mol. The van der Waals surface area contributed by atoms with Gasteiger partial charge in [0.2, 0.25) is 0 Å². The second-order valence-electron chi connectivity index (χ2n) is 8.26. The number of nitrogens with zero attached hydrogens (tertiary/aromatic N) is 2. The highest BCUT2D eigenvalue weighted by atomic mass is 32.2. The fraction of sp³-hybridized carbons (Fsp3) is 0.143. The van der Waals surface area contributed by atoms with Gasteiger partial charge in [-0.05, 0) is 78.3 Å². The molecule has 0 unspecified atom stereocenters. The smallest absolute Gasteiger partial charge is 0.285 e. The molecule has 7 heteroatoms. The lowest BCUT2D eigenvalue weighted by Gasteiger charge is -2.20. The lowest BCUT2D eigenvalue weighted by molar-refractivity contribution is -0.114. The van der Waals surface area contributed by atoms with Crippen LogP contribution in [0, 0.1) is 13.8 Å². The number of hydrogen-bond donors (Lipinski definition) is 0. The van der Waals surface area contributed by atoms with Crippen LogP contribution in [0.25, 0.3) is 16.8 Å². The number of carbonyl (C=O) groups excluding carboxylic acids is 1. The zero-order chi connectivity index (χ0) is 24.5. The number of aromatic nitrogens is 1. The van der Waals surface area contributed by atoms with Crippen LogP contribution in [0.3, 0.4) is 0 Å². The van der Waals surface area contributed by atoms with E-state index in [9.17, 15) is 4.79 Å². The summed E-state index contributed by atoms with van der Waals surface area (Å²) in [5.74, 6) is 1.10. The first kappa shape index (κ1) is 23.2. The van der Waals surface area contributed by atoms with Crippen molar-refractivity contribution >= 4 is 51.1 Å². The maximum atomic E-state index is 13.2. The molecule has 3 aromatic carbocycles. The van der Waals surface area contributed by atoms with Crippen LogP contribution in [0.5, 0.6) is 11.5 Å². The summed E-state index contributed by atoms with van der Waals surface area (Å²) >= 11 is 6.82. The van der Waals surface area contributed by atoms with Gasteiger partial charge in [0.25, 0.3) is 5.91 Å². The Labute approximate surface area is 213 Å². The molecule has 176 valence electrons. The summed E-state index contributed by atoms with van der Waals surface area (Å²) in [6.45, 7) is 4.33. The van der Waals surface area contributed by atoms with Crippen molar-refractivity contribution in [1.29, 1.82) is 0 Å². The molecule has 4 aromatic rings. The highest BCUT2D eigenvalue weighted by Gasteiger charge is 2.34. The molecule has 0 spiro atoms. The van der Waals surface area contributed by atoms with Crippen LogP contribution in [-0.2, 0) is 11.4 Å². The molecule has 0 bridgehead atoms. The van der Waals surface area contributed by atoms with Gasteiger partial charge in [0, 0.05) is 11.4 Å². The van der Waals surface area contributed by atoms with E-state index in [1.165, 1.54) is 22.5 Å². The standard InChI is InChI=1S/C28H24N2O3S2/c1-18-11-12-19(2)29(18)30-27(31)26(35-28(30)34)16-20-13-14-24(25(15-20)32-3)33-17-22-9-6-8-21-7-4-5-10-23(21)22/h4-16H,17H2,1-3H3/b26-16+. The third-order valence-corrected chi connectivity index (χ3v) is 7.24. The quantitative estimate of drug-likeness (QED) is 0.227. The molecule has 35 heavy (non-hydrogen) atoms. The lowest BCUT2D eigenvalue weighted by Crippen LogP contribution is -2.39. The Morgan fingerprint density at radius 2 is 1.69 bits per heavy atom. The van der Waals surface area contributed by atoms with Crippen molar-refractivity contribution in [2.75, 3.05) is 12.1 Å². The molecule has 5 rings (SSSR count). The molecule has 2 heterocycles. The zero-order valence-electron chi connectivity index (χ0n) is 19.6. The molecule has 1 aliphatic rings. The number of rotatable bonds is 6. The third kappa shape index (κ3) is 4.45. The number of methoxy groups -OCH3 is 1. The van der Waals surface area contributed by atoms with Gasteiger partial charge >= 0.3 is 0 Å². The molecule has 1 fully saturated rings. The van der Waals surface area contributed by atoms with Gasteiger partial charge in [-0.15, -0.1) is 0 Å². The normalized spacial score (nSPS) is 14.8. The van der Waals surface area contributed by atoms with E-state index in [2.05, 4.69) is 24.3 Å².